The number of nitrogens with zero attached hydrogens (tertiary/aromatic N) is 1. The van der Waals surface area contributed by atoms with Gasteiger partial charge < -0.3 is 0 Å². The summed E-state index contributed by atoms with van der Waals surface area (Å²) < 4.78 is 0. The molecule has 1 unspecified atom stereocenters. The summed E-state index contributed by atoms with van der Waals surface area (Å²) in [6.07, 6.45) is 1.25. The maximum Gasteiger partial charge on any atom is 0.0757 e. The number of rotatable bonds is 1. The Morgan fingerprint density at radius 1 is 1.50 bits per heavy atom. The zero-order chi connectivity index (χ0) is 7.30. The Morgan fingerprint density at radius 3 is 2.50 bits per heavy atom. The average Bonchev–Trinajstić information content (AvgIpc) is 2.42. The van der Waals surface area contributed by atoms with Crippen LogP contribution in [-0.4, -0.2) is 11.8 Å². The third-order valence-corrected chi connectivity index (χ3v) is 2.32. The van der Waals surface area contributed by atoms with E-state index in [4.69, 9.17) is 0 Å². The minimum atomic E-state index is 0.623. The lowest BCUT2D eigenvalue weighted by molar-refractivity contribution is 0.800. The van der Waals surface area contributed by atoms with Crippen LogP contribution in [0.2, 0.25) is 0 Å². The monoisotopic (exact) mass is 135 g/mol. The lowest BCUT2D eigenvalue weighted by Gasteiger charge is -2.06. The second-order valence-corrected chi connectivity index (χ2v) is 3.53. The number of aliphatic imine (C=N–C) groups is 1. The number of dihydropyridines is 1. The smallest absolute Gasteiger partial charge is 0.0757 e. The first-order chi connectivity index (χ1) is 4.70. The van der Waals surface area contributed by atoms with Crippen molar-refractivity contribution >= 4 is 5.71 Å². The summed E-state index contributed by atoms with van der Waals surface area (Å²) >= 11 is 0. The van der Waals surface area contributed by atoms with Gasteiger partial charge in [-0.15, -0.1) is 0 Å². The standard InChI is InChI=1S/C9H13N/c1-5(2)9-6(3)10-8-4-7(8)9/h5,8H,4H2,1-3H3. The Balaban J connectivity index is 2.34. The third-order valence-electron chi connectivity index (χ3n) is 2.32. The molecule has 1 saturated carbocycles. The lowest BCUT2D eigenvalue weighted by atomic mass is 9.99. The van der Waals surface area contributed by atoms with E-state index >= 15 is 0 Å². The highest BCUT2D eigenvalue weighted by molar-refractivity contribution is 6.03. The molecule has 0 radical (unpaired) electrons. The fourth-order valence-electron chi connectivity index (χ4n) is 1.89. The normalized spacial score (nSPS) is 29.2. The number of allylic oxidation sites excluding steroid dienone is 1. The van der Waals surface area contributed by atoms with E-state index in [-0.39, 0.29) is 0 Å². The van der Waals surface area contributed by atoms with Gasteiger partial charge in [-0.05, 0) is 30.4 Å². The maximum atomic E-state index is 4.51. The Kier molecular flexibility index (Phi) is 1.05. The van der Waals surface area contributed by atoms with E-state index in [1.807, 2.05) is 0 Å². The maximum absolute atomic E-state index is 4.51. The van der Waals surface area contributed by atoms with Crippen molar-refractivity contribution in [2.75, 3.05) is 0 Å². The highest BCUT2D eigenvalue weighted by Crippen LogP contribution is 2.43. The molecule has 1 nitrogen and oxygen atoms in total. The molecule has 1 fully saturated rings. The molecule has 0 bridgehead atoms. The zero-order valence-electron chi connectivity index (χ0n) is 6.81. The Hall–Kier alpha value is -0.590. The van der Waals surface area contributed by atoms with Crippen LogP contribution in [0.5, 0.6) is 0 Å². The third kappa shape index (κ3) is 0.664. The van der Waals surface area contributed by atoms with Crippen molar-refractivity contribution in [3.05, 3.63) is 11.1 Å². The van der Waals surface area contributed by atoms with E-state index in [0.29, 0.717) is 12.0 Å². The van der Waals surface area contributed by atoms with Crippen molar-refractivity contribution in [2.24, 2.45) is 10.9 Å². The fraction of sp³-hybridized carbons (Fsp3) is 0.667. The van der Waals surface area contributed by atoms with E-state index in [2.05, 4.69) is 25.8 Å². The molecule has 0 aromatic heterocycles. The van der Waals surface area contributed by atoms with Gasteiger partial charge in [0.25, 0.3) is 0 Å². The van der Waals surface area contributed by atoms with Crippen molar-refractivity contribution in [1.82, 2.24) is 0 Å². The summed E-state index contributed by atoms with van der Waals surface area (Å²) in [5.74, 6) is 0.686. The highest BCUT2D eigenvalue weighted by atomic mass is 14.9. The summed E-state index contributed by atoms with van der Waals surface area (Å²) in [7, 11) is 0. The molecule has 1 heterocycles. The molecular formula is C9H13N. The van der Waals surface area contributed by atoms with Crippen LogP contribution in [0.25, 0.3) is 0 Å². The molecular weight excluding hydrogens is 122 g/mol. The molecule has 2 aliphatic rings. The Morgan fingerprint density at radius 2 is 2.20 bits per heavy atom. The van der Waals surface area contributed by atoms with Gasteiger partial charge in [0, 0.05) is 5.71 Å². The minimum Gasteiger partial charge on any atom is -0.282 e. The van der Waals surface area contributed by atoms with E-state index < -0.39 is 0 Å². The van der Waals surface area contributed by atoms with Crippen molar-refractivity contribution in [1.29, 1.82) is 0 Å². The van der Waals surface area contributed by atoms with E-state index in [0.717, 1.165) is 0 Å². The molecule has 0 aromatic rings. The average molecular weight is 135 g/mol. The van der Waals surface area contributed by atoms with Crippen LogP contribution in [0.3, 0.4) is 0 Å². The SMILES string of the molecule is CC1=NC2CC2=C1C(C)C. The van der Waals surface area contributed by atoms with E-state index in [1.54, 1.807) is 11.1 Å². The Labute approximate surface area is 61.9 Å². The molecule has 54 valence electrons. The number of fused-ring (bicyclic) bond motifs is 1. The Bertz CT molecular complexity index is 233. The van der Waals surface area contributed by atoms with E-state index in [9.17, 15) is 0 Å². The first-order valence-electron chi connectivity index (χ1n) is 3.98. The van der Waals surface area contributed by atoms with Gasteiger partial charge in [-0.1, -0.05) is 13.8 Å². The molecule has 10 heavy (non-hydrogen) atoms. The second-order valence-electron chi connectivity index (χ2n) is 3.53. The molecule has 1 aliphatic heterocycles. The molecule has 0 amide bonds. The molecule has 0 aromatic carbocycles. The van der Waals surface area contributed by atoms with Gasteiger partial charge in [0.2, 0.25) is 0 Å². The van der Waals surface area contributed by atoms with Crippen molar-refractivity contribution in [3.8, 4) is 0 Å². The van der Waals surface area contributed by atoms with Crippen LogP contribution < -0.4 is 0 Å². The predicted octanol–water partition coefficient (Wildman–Crippen LogP) is 2.19. The minimum absolute atomic E-state index is 0.623. The first-order valence-corrected chi connectivity index (χ1v) is 3.98. The summed E-state index contributed by atoms with van der Waals surface area (Å²) in [6.45, 7) is 6.64. The first kappa shape index (κ1) is 6.14. The van der Waals surface area contributed by atoms with Crippen LogP contribution in [0.4, 0.5) is 0 Å². The van der Waals surface area contributed by atoms with Crippen LogP contribution in [0.1, 0.15) is 27.2 Å². The van der Waals surface area contributed by atoms with Crippen LogP contribution >= 0.6 is 0 Å². The summed E-state index contributed by atoms with van der Waals surface area (Å²) in [6, 6.07) is 0.623. The molecule has 1 heteroatoms. The quantitative estimate of drug-likeness (QED) is 0.522. The van der Waals surface area contributed by atoms with Crippen molar-refractivity contribution in [3.63, 3.8) is 0 Å². The van der Waals surface area contributed by atoms with Crippen molar-refractivity contribution < 1.29 is 0 Å². The lowest BCUT2D eigenvalue weighted by Crippen LogP contribution is -2.02. The zero-order valence-corrected chi connectivity index (χ0v) is 6.81. The van der Waals surface area contributed by atoms with Crippen LogP contribution in [0.15, 0.2) is 16.1 Å². The van der Waals surface area contributed by atoms with Gasteiger partial charge in [-0.3, -0.25) is 4.99 Å². The molecule has 0 spiro atoms. The predicted molar refractivity (Wildman–Crippen MR) is 43.4 cm³/mol. The van der Waals surface area contributed by atoms with E-state index in [1.165, 1.54) is 12.1 Å². The molecule has 0 saturated heterocycles. The number of hydrogen-bond donors (Lipinski definition) is 0. The molecule has 2 rings (SSSR count). The van der Waals surface area contributed by atoms with Gasteiger partial charge in [-0.25, -0.2) is 0 Å². The highest BCUT2D eigenvalue weighted by Gasteiger charge is 2.38. The molecule has 1 atom stereocenters. The number of hydrogen-bond acceptors (Lipinski definition) is 1. The van der Waals surface area contributed by atoms with Gasteiger partial charge in [0.1, 0.15) is 0 Å². The van der Waals surface area contributed by atoms with Crippen molar-refractivity contribution in [2.45, 2.75) is 33.2 Å². The van der Waals surface area contributed by atoms with Gasteiger partial charge in [-0.2, -0.15) is 0 Å². The summed E-state index contributed by atoms with van der Waals surface area (Å²) in [5.41, 5.74) is 4.46. The van der Waals surface area contributed by atoms with Gasteiger partial charge in [0.05, 0.1) is 6.04 Å². The molecule has 0 N–H and O–H groups in total. The van der Waals surface area contributed by atoms with Gasteiger partial charge in [0.15, 0.2) is 0 Å². The largest absolute Gasteiger partial charge is 0.282 e. The topological polar surface area (TPSA) is 12.4 Å². The van der Waals surface area contributed by atoms with Crippen LogP contribution in [-0.2, 0) is 0 Å². The fourth-order valence-corrected chi connectivity index (χ4v) is 1.89. The summed E-state index contributed by atoms with van der Waals surface area (Å²) in [5, 5.41) is 0. The second kappa shape index (κ2) is 1.71. The van der Waals surface area contributed by atoms with Crippen LogP contribution in [0, 0.1) is 5.92 Å². The van der Waals surface area contributed by atoms with Gasteiger partial charge >= 0.3 is 0 Å². The summed E-state index contributed by atoms with van der Waals surface area (Å²) in [4.78, 5) is 4.51. The molecule has 1 aliphatic carbocycles.